The fraction of sp³-hybridized carbons (Fsp3) is 0.300. The van der Waals surface area contributed by atoms with E-state index in [1.54, 1.807) is 0 Å². The van der Waals surface area contributed by atoms with Gasteiger partial charge in [-0.15, -0.1) is 0 Å². The van der Waals surface area contributed by atoms with E-state index >= 15 is 0 Å². The van der Waals surface area contributed by atoms with E-state index < -0.39 is 22.0 Å². The molecule has 1 rings (SSSR count). The van der Waals surface area contributed by atoms with Crippen LogP contribution in [0.15, 0.2) is 23.1 Å². The number of anilines is 1. The molecule has 100 valence electrons. The topological polar surface area (TPSA) is 136 Å². The van der Waals surface area contributed by atoms with Crippen LogP contribution in [0, 0.1) is 0 Å². The number of nitrogens with two attached hydrogens (primary N) is 2. The maximum absolute atomic E-state index is 11.9. The molecule has 0 fully saturated rings. The third-order valence-corrected chi connectivity index (χ3v) is 3.88. The minimum Gasteiger partial charge on any atom is -0.398 e. The van der Waals surface area contributed by atoms with Crippen molar-refractivity contribution in [2.45, 2.75) is 17.9 Å². The average molecular weight is 273 g/mol. The van der Waals surface area contributed by atoms with Gasteiger partial charge >= 0.3 is 0 Å². The van der Waals surface area contributed by atoms with Crippen LogP contribution >= 0.6 is 0 Å². The quantitative estimate of drug-likeness (QED) is 0.512. The second-order valence-corrected chi connectivity index (χ2v) is 5.50. The molecule has 0 aliphatic rings. The first-order valence-corrected chi connectivity index (χ1v) is 6.58. The highest BCUT2D eigenvalue weighted by Crippen LogP contribution is 2.19. The van der Waals surface area contributed by atoms with E-state index in [2.05, 4.69) is 4.72 Å². The van der Waals surface area contributed by atoms with Crippen LogP contribution < -0.4 is 16.2 Å². The van der Waals surface area contributed by atoms with Gasteiger partial charge in [0.25, 0.3) is 0 Å². The SMILES string of the molecule is CC(CO)NS(=O)(=O)c1ccc(C(N)=O)cc1N. The van der Waals surface area contributed by atoms with Crippen LogP contribution in [0.25, 0.3) is 0 Å². The van der Waals surface area contributed by atoms with Gasteiger partial charge in [0.2, 0.25) is 15.9 Å². The van der Waals surface area contributed by atoms with Crippen LogP contribution in [-0.2, 0) is 10.0 Å². The number of nitrogen functional groups attached to an aromatic ring is 1. The predicted octanol–water partition coefficient (Wildman–Crippen LogP) is -0.973. The summed E-state index contributed by atoms with van der Waals surface area (Å²) in [6.45, 7) is 1.17. The zero-order valence-corrected chi connectivity index (χ0v) is 10.6. The molecule has 1 amide bonds. The lowest BCUT2D eigenvalue weighted by atomic mass is 10.2. The third kappa shape index (κ3) is 3.19. The van der Waals surface area contributed by atoms with Crippen molar-refractivity contribution in [2.75, 3.05) is 12.3 Å². The summed E-state index contributed by atoms with van der Waals surface area (Å²) in [4.78, 5) is 10.7. The Morgan fingerprint density at radius 1 is 1.50 bits per heavy atom. The molecule has 0 saturated heterocycles. The molecular weight excluding hydrogens is 258 g/mol. The number of nitrogens with one attached hydrogen (secondary N) is 1. The number of aliphatic hydroxyl groups excluding tert-OH is 1. The summed E-state index contributed by atoms with van der Waals surface area (Å²) in [7, 11) is -3.83. The monoisotopic (exact) mass is 273 g/mol. The minimum absolute atomic E-state index is 0.0797. The number of primary amides is 1. The Labute approximate surface area is 105 Å². The molecule has 1 unspecified atom stereocenters. The number of hydrogen-bond donors (Lipinski definition) is 4. The second kappa shape index (κ2) is 5.34. The molecule has 1 aromatic rings. The first-order valence-electron chi connectivity index (χ1n) is 5.10. The summed E-state index contributed by atoms with van der Waals surface area (Å²) < 4.78 is 26.0. The van der Waals surface area contributed by atoms with Crippen LogP contribution in [0.2, 0.25) is 0 Å². The van der Waals surface area contributed by atoms with E-state index in [0.717, 1.165) is 0 Å². The Kier molecular flexibility index (Phi) is 4.28. The summed E-state index contributed by atoms with van der Waals surface area (Å²) in [6.07, 6.45) is 0. The van der Waals surface area contributed by atoms with E-state index in [1.807, 2.05) is 0 Å². The number of benzene rings is 1. The van der Waals surface area contributed by atoms with Crippen molar-refractivity contribution in [1.29, 1.82) is 0 Å². The van der Waals surface area contributed by atoms with Gasteiger partial charge in [0.1, 0.15) is 4.90 Å². The zero-order valence-electron chi connectivity index (χ0n) is 9.75. The van der Waals surface area contributed by atoms with E-state index in [-0.39, 0.29) is 22.8 Å². The van der Waals surface area contributed by atoms with Gasteiger partial charge in [-0.1, -0.05) is 0 Å². The maximum Gasteiger partial charge on any atom is 0.248 e. The van der Waals surface area contributed by atoms with Crippen LogP contribution in [0.1, 0.15) is 17.3 Å². The van der Waals surface area contributed by atoms with Crippen molar-refractivity contribution < 1.29 is 18.3 Å². The molecule has 8 heteroatoms. The fourth-order valence-electron chi connectivity index (χ4n) is 1.31. The number of carbonyl (C=O) groups excluding carboxylic acids is 1. The number of carbonyl (C=O) groups is 1. The molecule has 1 aromatic carbocycles. The fourth-order valence-corrected chi connectivity index (χ4v) is 2.66. The van der Waals surface area contributed by atoms with Crippen LogP contribution in [-0.4, -0.2) is 32.1 Å². The highest BCUT2D eigenvalue weighted by Gasteiger charge is 2.20. The highest BCUT2D eigenvalue weighted by molar-refractivity contribution is 7.89. The van der Waals surface area contributed by atoms with Crippen molar-refractivity contribution in [3.8, 4) is 0 Å². The van der Waals surface area contributed by atoms with Crippen molar-refractivity contribution in [2.24, 2.45) is 5.73 Å². The molecule has 18 heavy (non-hydrogen) atoms. The normalized spacial score (nSPS) is 13.2. The van der Waals surface area contributed by atoms with Crippen molar-refractivity contribution in [3.05, 3.63) is 23.8 Å². The number of aliphatic hydroxyl groups is 1. The lowest BCUT2D eigenvalue weighted by Gasteiger charge is -2.13. The Bertz CT molecular complexity index is 556. The molecule has 0 aliphatic carbocycles. The number of amides is 1. The summed E-state index contributed by atoms with van der Waals surface area (Å²) >= 11 is 0. The average Bonchev–Trinajstić information content (AvgIpc) is 2.27. The van der Waals surface area contributed by atoms with E-state index in [1.165, 1.54) is 25.1 Å². The molecule has 6 N–H and O–H groups in total. The molecule has 0 radical (unpaired) electrons. The van der Waals surface area contributed by atoms with Crippen molar-refractivity contribution in [1.82, 2.24) is 4.72 Å². The molecule has 0 bridgehead atoms. The summed E-state index contributed by atoms with van der Waals surface area (Å²) in [6, 6.07) is 3.03. The summed E-state index contributed by atoms with van der Waals surface area (Å²) in [5, 5.41) is 8.81. The molecular formula is C10H15N3O4S. The first-order chi connectivity index (χ1) is 8.27. The largest absolute Gasteiger partial charge is 0.398 e. The van der Waals surface area contributed by atoms with Crippen LogP contribution in [0.5, 0.6) is 0 Å². The van der Waals surface area contributed by atoms with Gasteiger partial charge in [0, 0.05) is 11.6 Å². The standard InChI is InChI=1S/C10H15N3O4S/c1-6(5-14)13-18(16,17)9-3-2-7(10(12)15)4-8(9)11/h2-4,6,13-14H,5,11H2,1H3,(H2,12,15). The minimum atomic E-state index is -3.83. The molecule has 0 spiro atoms. The van der Waals surface area contributed by atoms with E-state index in [4.69, 9.17) is 16.6 Å². The van der Waals surface area contributed by atoms with Crippen molar-refractivity contribution in [3.63, 3.8) is 0 Å². The predicted molar refractivity (Wildman–Crippen MR) is 66.2 cm³/mol. The summed E-state index contributed by atoms with van der Waals surface area (Å²) in [5.41, 5.74) is 10.7. The molecule has 1 atom stereocenters. The van der Waals surface area contributed by atoms with Crippen LogP contribution in [0.4, 0.5) is 5.69 Å². The van der Waals surface area contributed by atoms with E-state index in [9.17, 15) is 13.2 Å². The van der Waals surface area contributed by atoms with Gasteiger partial charge in [-0.05, 0) is 25.1 Å². The first kappa shape index (κ1) is 14.4. The van der Waals surface area contributed by atoms with Crippen LogP contribution in [0.3, 0.4) is 0 Å². The third-order valence-electron chi connectivity index (χ3n) is 2.21. The van der Waals surface area contributed by atoms with Gasteiger partial charge in [0.05, 0.1) is 12.3 Å². The lowest BCUT2D eigenvalue weighted by Crippen LogP contribution is -2.35. The Hall–Kier alpha value is -1.64. The number of hydrogen-bond acceptors (Lipinski definition) is 5. The maximum atomic E-state index is 11.9. The highest BCUT2D eigenvalue weighted by atomic mass is 32.2. The molecule has 0 aliphatic heterocycles. The van der Waals surface area contributed by atoms with Gasteiger partial charge in [0.15, 0.2) is 0 Å². The molecule has 7 nitrogen and oxygen atoms in total. The molecule has 0 saturated carbocycles. The smallest absolute Gasteiger partial charge is 0.248 e. The Morgan fingerprint density at radius 3 is 2.56 bits per heavy atom. The molecule has 0 heterocycles. The van der Waals surface area contributed by atoms with Gasteiger partial charge in [-0.2, -0.15) is 0 Å². The van der Waals surface area contributed by atoms with E-state index in [0.29, 0.717) is 0 Å². The molecule has 0 aromatic heterocycles. The van der Waals surface area contributed by atoms with Gasteiger partial charge < -0.3 is 16.6 Å². The van der Waals surface area contributed by atoms with Gasteiger partial charge in [-0.3, -0.25) is 4.79 Å². The second-order valence-electron chi connectivity index (χ2n) is 3.82. The summed E-state index contributed by atoms with van der Waals surface area (Å²) in [5.74, 6) is -0.692. The zero-order chi connectivity index (χ0) is 13.9. The number of rotatable bonds is 5. The van der Waals surface area contributed by atoms with Crippen molar-refractivity contribution >= 4 is 21.6 Å². The number of sulfonamides is 1. The van der Waals surface area contributed by atoms with Gasteiger partial charge in [-0.25, -0.2) is 13.1 Å². The Morgan fingerprint density at radius 2 is 2.11 bits per heavy atom. The lowest BCUT2D eigenvalue weighted by molar-refractivity contribution is 0.1000. The Balaban J connectivity index is 3.14.